The average molecular weight is 459 g/mol. The fourth-order valence-electron chi connectivity index (χ4n) is 4.71. The van der Waals surface area contributed by atoms with Crippen LogP contribution in [0.25, 0.3) is 10.9 Å². The Balaban J connectivity index is 1.49. The van der Waals surface area contributed by atoms with Crippen LogP contribution in [-0.4, -0.2) is 25.4 Å². The maximum atomic E-state index is 13.4. The van der Waals surface area contributed by atoms with Crippen LogP contribution in [-0.2, 0) is 33.4 Å². The van der Waals surface area contributed by atoms with Gasteiger partial charge in [-0.15, -0.1) is 0 Å². The maximum Gasteiger partial charge on any atom is 0.246 e. The highest BCUT2D eigenvalue weighted by Gasteiger charge is 2.25. The predicted molar refractivity (Wildman–Crippen MR) is 131 cm³/mol. The van der Waals surface area contributed by atoms with Crippen molar-refractivity contribution in [3.05, 3.63) is 95.7 Å². The third-order valence-corrected chi connectivity index (χ3v) is 7.95. The normalized spacial score (nSPS) is 13.8. The number of nitrogens with zero attached hydrogens (tertiary/aromatic N) is 2. The first-order chi connectivity index (χ1) is 15.9. The summed E-state index contributed by atoms with van der Waals surface area (Å²) in [6.07, 6.45) is 3.52. The van der Waals surface area contributed by atoms with E-state index in [0.717, 1.165) is 35.2 Å². The minimum Gasteiger partial charge on any atom is -0.337 e. The van der Waals surface area contributed by atoms with Gasteiger partial charge >= 0.3 is 0 Å². The fraction of sp³-hybridized carbons (Fsp3) is 0.222. The van der Waals surface area contributed by atoms with Crippen LogP contribution in [0.5, 0.6) is 0 Å². The predicted octanol–water partition coefficient (Wildman–Crippen LogP) is 4.90. The van der Waals surface area contributed by atoms with Crippen molar-refractivity contribution < 1.29 is 13.2 Å². The van der Waals surface area contributed by atoms with Gasteiger partial charge in [-0.1, -0.05) is 66.2 Å². The van der Waals surface area contributed by atoms with Crippen molar-refractivity contribution in [3.8, 4) is 0 Å². The Kier molecular flexibility index (Phi) is 5.54. The van der Waals surface area contributed by atoms with Crippen LogP contribution in [0, 0.1) is 6.92 Å². The molecule has 0 fully saturated rings. The first-order valence-corrected chi connectivity index (χ1v) is 12.8. The number of hydrogen-bond acceptors (Lipinski definition) is 3. The van der Waals surface area contributed by atoms with Crippen LogP contribution in [0.1, 0.15) is 23.1 Å². The fourth-order valence-corrected chi connectivity index (χ4v) is 6.28. The molecule has 168 valence electrons. The van der Waals surface area contributed by atoms with Gasteiger partial charge in [-0.3, -0.25) is 4.79 Å². The van der Waals surface area contributed by atoms with Gasteiger partial charge < -0.3 is 9.47 Å². The summed E-state index contributed by atoms with van der Waals surface area (Å²) in [6, 6.07) is 22.9. The van der Waals surface area contributed by atoms with Crippen molar-refractivity contribution in [1.29, 1.82) is 0 Å². The zero-order chi connectivity index (χ0) is 23.0. The Morgan fingerprint density at radius 3 is 2.61 bits per heavy atom. The van der Waals surface area contributed by atoms with E-state index < -0.39 is 9.84 Å². The molecule has 2 heterocycles. The van der Waals surface area contributed by atoms with Gasteiger partial charge in [-0.05, 0) is 43.0 Å². The third kappa shape index (κ3) is 4.18. The van der Waals surface area contributed by atoms with Crippen LogP contribution in [0.15, 0.2) is 83.9 Å². The summed E-state index contributed by atoms with van der Waals surface area (Å²) in [6.45, 7) is 2.72. The van der Waals surface area contributed by atoms with Crippen LogP contribution >= 0.6 is 0 Å². The second-order valence-electron chi connectivity index (χ2n) is 8.66. The Labute approximate surface area is 194 Å². The van der Waals surface area contributed by atoms with Crippen LogP contribution in [0.3, 0.4) is 0 Å². The Morgan fingerprint density at radius 1 is 0.970 bits per heavy atom. The molecule has 0 spiro atoms. The smallest absolute Gasteiger partial charge is 0.246 e. The zero-order valence-corrected chi connectivity index (χ0v) is 19.4. The largest absolute Gasteiger partial charge is 0.337 e. The van der Waals surface area contributed by atoms with Gasteiger partial charge in [0.25, 0.3) is 0 Å². The van der Waals surface area contributed by atoms with Crippen molar-refractivity contribution >= 4 is 32.3 Å². The van der Waals surface area contributed by atoms with E-state index in [1.165, 1.54) is 5.56 Å². The molecule has 0 unspecified atom stereocenters. The van der Waals surface area contributed by atoms with Crippen LogP contribution < -0.4 is 4.90 Å². The molecule has 0 saturated carbocycles. The van der Waals surface area contributed by atoms with Gasteiger partial charge in [0.2, 0.25) is 5.91 Å². The number of para-hydroxylation sites is 2. The molecule has 4 aromatic rings. The molecule has 0 saturated heterocycles. The lowest BCUT2D eigenvalue weighted by Crippen LogP contribution is -2.37. The quantitative estimate of drug-likeness (QED) is 0.427. The lowest BCUT2D eigenvalue weighted by atomic mass is 10.0. The lowest BCUT2D eigenvalue weighted by molar-refractivity contribution is -0.119. The van der Waals surface area contributed by atoms with E-state index in [2.05, 4.69) is 6.07 Å². The molecule has 6 heteroatoms. The second-order valence-corrected chi connectivity index (χ2v) is 10.6. The first kappa shape index (κ1) is 21.5. The average Bonchev–Trinajstić information content (AvgIpc) is 3.18. The number of fused-ring (bicyclic) bond motifs is 2. The summed E-state index contributed by atoms with van der Waals surface area (Å²) >= 11 is 0. The Morgan fingerprint density at radius 2 is 1.76 bits per heavy atom. The molecular formula is C27H26N2O3S. The lowest BCUT2D eigenvalue weighted by Gasteiger charge is -2.29. The SMILES string of the molecule is Cc1cccc(CS(=O)(=O)c2cn(CC(=O)N3CCCc4ccccc43)c3ccccc23)c1. The highest BCUT2D eigenvalue weighted by atomic mass is 32.2. The van der Waals surface area contributed by atoms with E-state index >= 15 is 0 Å². The summed E-state index contributed by atoms with van der Waals surface area (Å²) in [7, 11) is -3.59. The summed E-state index contributed by atoms with van der Waals surface area (Å²) in [5, 5.41) is 0.650. The number of anilines is 1. The zero-order valence-electron chi connectivity index (χ0n) is 18.6. The number of amides is 1. The number of aromatic nitrogens is 1. The molecule has 0 atom stereocenters. The molecule has 0 aliphatic carbocycles. The second kappa shape index (κ2) is 8.52. The van der Waals surface area contributed by atoms with Gasteiger partial charge in [0, 0.05) is 29.3 Å². The van der Waals surface area contributed by atoms with Gasteiger partial charge in [0.1, 0.15) is 6.54 Å². The summed E-state index contributed by atoms with van der Waals surface area (Å²) in [5.74, 6) is -0.110. The molecule has 1 aliphatic rings. The molecule has 5 rings (SSSR count). The Bertz CT molecular complexity index is 1450. The van der Waals surface area contributed by atoms with Crippen LogP contribution in [0.4, 0.5) is 5.69 Å². The highest BCUT2D eigenvalue weighted by Crippen LogP contribution is 2.30. The molecule has 1 amide bonds. The summed E-state index contributed by atoms with van der Waals surface area (Å²) in [4.78, 5) is 15.4. The number of carbonyl (C=O) groups is 1. The van der Waals surface area contributed by atoms with Gasteiger partial charge in [0.15, 0.2) is 9.84 Å². The Hall–Kier alpha value is -3.38. The van der Waals surface area contributed by atoms with Crippen molar-refractivity contribution in [2.24, 2.45) is 0 Å². The molecule has 5 nitrogen and oxygen atoms in total. The van der Waals surface area contributed by atoms with Gasteiger partial charge in [0.05, 0.1) is 10.6 Å². The summed E-state index contributed by atoms with van der Waals surface area (Å²) < 4.78 is 28.5. The van der Waals surface area contributed by atoms with Crippen molar-refractivity contribution in [2.75, 3.05) is 11.4 Å². The highest BCUT2D eigenvalue weighted by molar-refractivity contribution is 7.90. The molecule has 1 aliphatic heterocycles. The number of hydrogen-bond donors (Lipinski definition) is 0. The minimum absolute atomic E-state index is 0.0365. The van der Waals surface area contributed by atoms with Crippen molar-refractivity contribution in [1.82, 2.24) is 4.57 Å². The number of rotatable bonds is 5. The van der Waals surface area contributed by atoms with Crippen molar-refractivity contribution in [3.63, 3.8) is 0 Å². The van der Waals surface area contributed by atoms with E-state index in [-0.39, 0.29) is 23.1 Å². The monoisotopic (exact) mass is 458 g/mol. The van der Waals surface area contributed by atoms with Crippen molar-refractivity contribution in [2.45, 2.75) is 37.0 Å². The number of carbonyl (C=O) groups excluding carboxylic acids is 1. The molecule has 0 N–H and O–H groups in total. The van der Waals surface area contributed by atoms with Crippen LogP contribution in [0.2, 0.25) is 0 Å². The number of benzene rings is 3. The third-order valence-electron chi connectivity index (χ3n) is 6.24. The topological polar surface area (TPSA) is 59.4 Å². The summed E-state index contributed by atoms with van der Waals surface area (Å²) in [5.41, 5.74) is 4.66. The minimum atomic E-state index is -3.59. The number of aryl methyl sites for hydroxylation is 2. The van der Waals surface area contributed by atoms with Gasteiger partial charge in [-0.25, -0.2) is 8.42 Å². The first-order valence-electron chi connectivity index (χ1n) is 11.2. The van der Waals surface area contributed by atoms with E-state index in [0.29, 0.717) is 11.9 Å². The standard InChI is InChI=1S/C27H26N2O3S/c1-20-8-6-9-21(16-20)19-33(31,32)26-17-28(25-14-5-3-12-23(25)26)18-27(30)29-15-7-11-22-10-2-4-13-24(22)29/h2-6,8-10,12-14,16-17H,7,11,15,18-19H2,1H3. The molecule has 0 bridgehead atoms. The molecule has 1 aromatic heterocycles. The van der Waals surface area contributed by atoms with E-state index in [9.17, 15) is 13.2 Å². The van der Waals surface area contributed by atoms with E-state index in [1.807, 2.05) is 78.6 Å². The molecular weight excluding hydrogens is 432 g/mol. The molecule has 3 aromatic carbocycles. The molecule has 33 heavy (non-hydrogen) atoms. The van der Waals surface area contributed by atoms with E-state index in [1.54, 1.807) is 10.8 Å². The van der Waals surface area contributed by atoms with Gasteiger partial charge in [-0.2, -0.15) is 0 Å². The molecule has 0 radical (unpaired) electrons. The number of sulfone groups is 1. The maximum absolute atomic E-state index is 13.4. The van der Waals surface area contributed by atoms with E-state index in [4.69, 9.17) is 0 Å².